The molecule has 1 amide bonds. The van der Waals surface area contributed by atoms with Crippen molar-refractivity contribution in [3.05, 3.63) is 68.1 Å². The Balaban J connectivity index is 2.34. The Bertz CT molecular complexity index is 753. The van der Waals surface area contributed by atoms with Gasteiger partial charge in [-0.25, -0.2) is 0 Å². The molecule has 0 saturated carbocycles. The summed E-state index contributed by atoms with van der Waals surface area (Å²) in [5.41, 5.74) is -0.713. The van der Waals surface area contributed by atoms with Gasteiger partial charge in [0.25, 0.3) is 17.2 Å². The van der Waals surface area contributed by atoms with Gasteiger partial charge in [0, 0.05) is 17.3 Å². The van der Waals surface area contributed by atoms with Gasteiger partial charge in [-0.3, -0.25) is 19.7 Å². The van der Waals surface area contributed by atoms with E-state index in [9.17, 15) is 19.7 Å². The average molecular weight is 289 g/mol. The molecule has 0 aliphatic rings. The Hall–Kier alpha value is -3.00. The van der Waals surface area contributed by atoms with Gasteiger partial charge in [-0.15, -0.1) is 0 Å². The van der Waals surface area contributed by atoms with Crippen molar-refractivity contribution in [3.63, 3.8) is 0 Å². The highest BCUT2D eigenvalue weighted by atomic mass is 16.6. The number of pyridine rings is 1. The van der Waals surface area contributed by atoms with Crippen molar-refractivity contribution < 1.29 is 14.8 Å². The molecule has 0 aliphatic heterocycles. The van der Waals surface area contributed by atoms with Gasteiger partial charge in [-0.1, -0.05) is 18.2 Å². The van der Waals surface area contributed by atoms with E-state index in [1.807, 2.05) is 0 Å². The van der Waals surface area contributed by atoms with Crippen molar-refractivity contribution in [3.8, 4) is 0 Å². The van der Waals surface area contributed by atoms with Crippen LogP contribution in [0, 0.1) is 10.1 Å². The van der Waals surface area contributed by atoms with Crippen LogP contribution in [0.1, 0.15) is 15.9 Å². The highest BCUT2D eigenvalue weighted by Crippen LogP contribution is 2.16. The molecule has 0 unspecified atom stereocenters. The lowest BCUT2D eigenvalue weighted by Gasteiger charge is -2.08. The molecule has 2 aromatic rings. The molecule has 0 radical (unpaired) electrons. The van der Waals surface area contributed by atoms with Crippen LogP contribution < -0.4 is 10.9 Å². The van der Waals surface area contributed by atoms with Crippen LogP contribution in [0.15, 0.2) is 41.3 Å². The summed E-state index contributed by atoms with van der Waals surface area (Å²) in [5.74, 6) is -0.791. The predicted octanol–water partition coefficient (Wildman–Crippen LogP) is 1.03. The first-order chi connectivity index (χ1) is 10.0. The number of nitrogens with zero attached hydrogens (tertiary/aromatic N) is 1. The molecular weight excluding hydrogens is 278 g/mol. The number of hydrogen-bond acceptors (Lipinski definition) is 5. The summed E-state index contributed by atoms with van der Waals surface area (Å²) in [6.07, 6.45) is 0.917. The number of aliphatic hydroxyl groups is 1. The van der Waals surface area contributed by atoms with Crippen LogP contribution in [-0.2, 0) is 6.61 Å². The van der Waals surface area contributed by atoms with Crippen LogP contribution in [0.3, 0.4) is 0 Å². The number of nitro groups is 1. The SMILES string of the molecule is O=C(Nc1ccccc1CO)c1cc([N+](=O)[O-])c[nH]c1=O. The van der Waals surface area contributed by atoms with E-state index in [1.165, 1.54) is 0 Å². The number of aromatic amines is 1. The third-order valence-corrected chi connectivity index (χ3v) is 2.78. The zero-order chi connectivity index (χ0) is 15.4. The number of anilines is 1. The summed E-state index contributed by atoms with van der Waals surface area (Å²) < 4.78 is 0. The van der Waals surface area contributed by atoms with Crippen molar-refractivity contribution >= 4 is 17.3 Å². The van der Waals surface area contributed by atoms with E-state index in [-0.39, 0.29) is 12.2 Å². The number of hydrogen-bond donors (Lipinski definition) is 3. The maximum atomic E-state index is 12.0. The molecule has 3 N–H and O–H groups in total. The van der Waals surface area contributed by atoms with Gasteiger partial charge >= 0.3 is 0 Å². The number of nitrogens with one attached hydrogen (secondary N) is 2. The molecule has 1 aromatic carbocycles. The number of para-hydroxylation sites is 1. The second kappa shape index (κ2) is 5.97. The maximum absolute atomic E-state index is 12.0. The van der Waals surface area contributed by atoms with E-state index in [2.05, 4.69) is 10.3 Å². The summed E-state index contributed by atoms with van der Waals surface area (Å²) in [6.45, 7) is -0.290. The Labute approximate surface area is 118 Å². The van der Waals surface area contributed by atoms with Crippen LogP contribution in [0.25, 0.3) is 0 Å². The van der Waals surface area contributed by atoms with Crippen LogP contribution in [0.2, 0.25) is 0 Å². The standard InChI is InChI=1S/C13H11N3O5/c17-7-8-3-1-2-4-11(8)15-13(19)10-5-9(16(20)21)6-14-12(10)18/h1-6,17H,7H2,(H,14,18)(H,15,19). The molecule has 0 bridgehead atoms. The molecule has 0 spiro atoms. The van der Waals surface area contributed by atoms with Crippen molar-refractivity contribution in [1.29, 1.82) is 0 Å². The van der Waals surface area contributed by atoms with Gasteiger partial charge < -0.3 is 15.4 Å². The Morgan fingerprint density at radius 1 is 1.38 bits per heavy atom. The number of carbonyl (C=O) groups is 1. The minimum atomic E-state index is -0.791. The topological polar surface area (TPSA) is 125 Å². The molecule has 2 rings (SSSR count). The van der Waals surface area contributed by atoms with E-state index in [0.29, 0.717) is 11.3 Å². The fourth-order valence-electron chi connectivity index (χ4n) is 1.72. The second-order valence-corrected chi connectivity index (χ2v) is 4.13. The van der Waals surface area contributed by atoms with Crippen molar-refractivity contribution in [2.24, 2.45) is 0 Å². The fourth-order valence-corrected chi connectivity index (χ4v) is 1.72. The van der Waals surface area contributed by atoms with Gasteiger partial charge in [0.05, 0.1) is 17.7 Å². The first-order valence-electron chi connectivity index (χ1n) is 5.90. The number of aromatic nitrogens is 1. The van der Waals surface area contributed by atoms with Gasteiger partial charge in [0.15, 0.2) is 0 Å². The van der Waals surface area contributed by atoms with Crippen molar-refractivity contribution in [1.82, 2.24) is 4.98 Å². The van der Waals surface area contributed by atoms with E-state index < -0.39 is 22.1 Å². The molecule has 0 atom stereocenters. The molecule has 21 heavy (non-hydrogen) atoms. The normalized spacial score (nSPS) is 10.1. The summed E-state index contributed by atoms with van der Waals surface area (Å²) in [5, 5.41) is 22.3. The van der Waals surface area contributed by atoms with Crippen LogP contribution >= 0.6 is 0 Å². The molecule has 1 aromatic heterocycles. The predicted molar refractivity (Wildman–Crippen MR) is 74.0 cm³/mol. The molecule has 0 aliphatic carbocycles. The zero-order valence-electron chi connectivity index (χ0n) is 10.7. The van der Waals surface area contributed by atoms with E-state index >= 15 is 0 Å². The van der Waals surface area contributed by atoms with Crippen LogP contribution in [-0.4, -0.2) is 20.9 Å². The molecule has 0 fully saturated rings. The van der Waals surface area contributed by atoms with Crippen LogP contribution in [0.4, 0.5) is 11.4 Å². The lowest BCUT2D eigenvalue weighted by atomic mass is 10.1. The summed E-state index contributed by atoms with van der Waals surface area (Å²) >= 11 is 0. The van der Waals surface area contributed by atoms with E-state index in [4.69, 9.17) is 5.11 Å². The number of H-pyrrole nitrogens is 1. The maximum Gasteiger partial charge on any atom is 0.286 e. The van der Waals surface area contributed by atoms with Gasteiger partial charge in [-0.05, 0) is 6.07 Å². The quantitative estimate of drug-likeness (QED) is 0.572. The fraction of sp³-hybridized carbons (Fsp3) is 0.0769. The zero-order valence-corrected chi connectivity index (χ0v) is 10.7. The highest BCUT2D eigenvalue weighted by molar-refractivity contribution is 6.04. The smallest absolute Gasteiger partial charge is 0.286 e. The van der Waals surface area contributed by atoms with Crippen molar-refractivity contribution in [2.75, 3.05) is 5.32 Å². The molecule has 0 saturated heterocycles. The lowest BCUT2D eigenvalue weighted by Crippen LogP contribution is -2.23. The first-order valence-corrected chi connectivity index (χ1v) is 5.90. The third kappa shape index (κ3) is 3.12. The summed E-state index contributed by atoms with van der Waals surface area (Å²) in [4.78, 5) is 35.7. The van der Waals surface area contributed by atoms with Gasteiger partial charge in [0.2, 0.25) is 0 Å². The molecule has 8 heteroatoms. The summed E-state index contributed by atoms with van der Waals surface area (Å²) in [6, 6.07) is 7.38. The number of amides is 1. The minimum absolute atomic E-state index is 0.290. The number of aliphatic hydroxyl groups excluding tert-OH is 1. The Morgan fingerprint density at radius 2 is 2.10 bits per heavy atom. The minimum Gasteiger partial charge on any atom is -0.392 e. The molecule has 1 heterocycles. The van der Waals surface area contributed by atoms with Gasteiger partial charge in [0.1, 0.15) is 5.56 Å². The van der Waals surface area contributed by atoms with Crippen molar-refractivity contribution in [2.45, 2.75) is 6.61 Å². The summed E-state index contributed by atoms with van der Waals surface area (Å²) in [7, 11) is 0. The monoisotopic (exact) mass is 289 g/mol. The third-order valence-electron chi connectivity index (χ3n) is 2.78. The number of carbonyl (C=O) groups excluding carboxylic acids is 1. The largest absolute Gasteiger partial charge is 0.392 e. The average Bonchev–Trinajstić information content (AvgIpc) is 2.47. The highest BCUT2D eigenvalue weighted by Gasteiger charge is 2.17. The number of benzene rings is 1. The number of rotatable bonds is 4. The van der Waals surface area contributed by atoms with Gasteiger partial charge in [-0.2, -0.15) is 0 Å². The Kier molecular flexibility index (Phi) is 4.10. The van der Waals surface area contributed by atoms with E-state index in [1.54, 1.807) is 24.3 Å². The second-order valence-electron chi connectivity index (χ2n) is 4.13. The molecular formula is C13H11N3O5. The first kappa shape index (κ1) is 14.4. The molecule has 108 valence electrons. The lowest BCUT2D eigenvalue weighted by molar-refractivity contribution is -0.385. The van der Waals surface area contributed by atoms with E-state index in [0.717, 1.165) is 12.3 Å². The Morgan fingerprint density at radius 3 is 2.76 bits per heavy atom. The van der Waals surface area contributed by atoms with Crippen LogP contribution in [0.5, 0.6) is 0 Å². The molecule has 8 nitrogen and oxygen atoms in total.